The second kappa shape index (κ2) is 6.55. The van der Waals surface area contributed by atoms with E-state index in [2.05, 4.69) is 5.32 Å². The van der Waals surface area contributed by atoms with Crippen molar-refractivity contribution >= 4 is 0 Å². The first-order valence-electron chi connectivity index (χ1n) is 5.39. The lowest BCUT2D eigenvalue weighted by Crippen LogP contribution is -2.22. The molecule has 16 heavy (non-hydrogen) atoms. The lowest BCUT2D eigenvalue weighted by atomic mass is 10.1. The summed E-state index contributed by atoms with van der Waals surface area (Å²) in [6, 6.07) is 3.79. The van der Waals surface area contributed by atoms with Crippen LogP contribution in [0.2, 0.25) is 0 Å². The van der Waals surface area contributed by atoms with Crippen LogP contribution >= 0.6 is 0 Å². The fourth-order valence-electron chi connectivity index (χ4n) is 1.42. The van der Waals surface area contributed by atoms with Gasteiger partial charge in [-0.3, -0.25) is 0 Å². The maximum atomic E-state index is 13.0. The Bertz CT molecular complexity index is 331. The summed E-state index contributed by atoms with van der Waals surface area (Å²) in [4.78, 5) is 0. The molecule has 0 aromatic heterocycles. The first-order valence-corrected chi connectivity index (χ1v) is 5.39. The van der Waals surface area contributed by atoms with Gasteiger partial charge < -0.3 is 10.1 Å². The van der Waals surface area contributed by atoms with Gasteiger partial charge in [0.15, 0.2) is 11.6 Å². The Balaban J connectivity index is 2.67. The summed E-state index contributed by atoms with van der Waals surface area (Å²) in [5, 5.41) is 3.01. The lowest BCUT2D eigenvalue weighted by Gasteiger charge is -2.16. The highest BCUT2D eigenvalue weighted by molar-refractivity contribution is 5.21. The highest BCUT2D eigenvalue weighted by Crippen LogP contribution is 2.16. The number of nitrogens with one attached hydrogen (secondary N) is 1. The number of hydrogen-bond acceptors (Lipinski definition) is 2. The predicted molar refractivity (Wildman–Crippen MR) is 59.3 cm³/mol. The largest absolute Gasteiger partial charge is 0.379 e. The van der Waals surface area contributed by atoms with E-state index in [1.165, 1.54) is 6.07 Å². The van der Waals surface area contributed by atoms with E-state index in [9.17, 15) is 8.78 Å². The first kappa shape index (κ1) is 13.1. The first-order chi connectivity index (χ1) is 7.69. The van der Waals surface area contributed by atoms with Gasteiger partial charge in [-0.15, -0.1) is 0 Å². The summed E-state index contributed by atoms with van der Waals surface area (Å²) in [5.41, 5.74) is 0.692. The van der Waals surface area contributed by atoms with Gasteiger partial charge in [0.25, 0.3) is 0 Å². The van der Waals surface area contributed by atoms with Crippen LogP contribution in [-0.2, 0) is 4.74 Å². The van der Waals surface area contributed by atoms with Gasteiger partial charge in [0.2, 0.25) is 0 Å². The van der Waals surface area contributed by atoms with Gasteiger partial charge in [0.1, 0.15) is 0 Å². The van der Waals surface area contributed by atoms with Crippen molar-refractivity contribution in [3.05, 3.63) is 35.4 Å². The van der Waals surface area contributed by atoms with Crippen LogP contribution in [0, 0.1) is 11.6 Å². The number of ether oxygens (including phenoxy) is 1. The Morgan fingerprint density at radius 1 is 1.31 bits per heavy atom. The molecule has 90 valence electrons. The number of likely N-dealkylation sites (N-methyl/N-ethyl adjacent to an activating group) is 1. The van der Waals surface area contributed by atoms with Crippen LogP contribution in [0.5, 0.6) is 0 Å². The van der Waals surface area contributed by atoms with Crippen LogP contribution in [0.4, 0.5) is 8.78 Å². The third kappa shape index (κ3) is 3.54. The van der Waals surface area contributed by atoms with Gasteiger partial charge in [-0.1, -0.05) is 13.0 Å². The third-order valence-corrected chi connectivity index (χ3v) is 2.33. The lowest BCUT2D eigenvalue weighted by molar-refractivity contribution is 0.114. The molecule has 1 atom stereocenters. The number of halogens is 2. The van der Waals surface area contributed by atoms with Crippen LogP contribution in [0.1, 0.15) is 24.9 Å². The van der Waals surface area contributed by atoms with E-state index in [1.807, 2.05) is 6.92 Å². The fraction of sp³-hybridized carbons (Fsp3) is 0.500. The van der Waals surface area contributed by atoms with E-state index in [4.69, 9.17) is 4.74 Å². The third-order valence-electron chi connectivity index (χ3n) is 2.33. The second-order valence-electron chi connectivity index (χ2n) is 3.59. The number of rotatable bonds is 6. The predicted octanol–water partition coefficient (Wildman–Crippen LogP) is 2.65. The Kier molecular flexibility index (Phi) is 5.35. The van der Waals surface area contributed by atoms with Gasteiger partial charge in [0, 0.05) is 6.61 Å². The SMILES string of the molecule is CCCOCC(NC)c1ccc(F)c(F)c1. The molecule has 0 bridgehead atoms. The van der Waals surface area contributed by atoms with Crippen LogP contribution in [-0.4, -0.2) is 20.3 Å². The summed E-state index contributed by atoms with van der Waals surface area (Å²) in [6.45, 7) is 3.14. The molecule has 1 rings (SSSR count). The van der Waals surface area contributed by atoms with Crippen molar-refractivity contribution in [3.63, 3.8) is 0 Å². The van der Waals surface area contributed by atoms with Crippen LogP contribution in [0.3, 0.4) is 0 Å². The normalized spacial score (nSPS) is 12.8. The average Bonchev–Trinajstić information content (AvgIpc) is 2.29. The quantitative estimate of drug-likeness (QED) is 0.757. The molecule has 0 amide bonds. The fourth-order valence-corrected chi connectivity index (χ4v) is 1.42. The minimum absolute atomic E-state index is 0.110. The molecular weight excluding hydrogens is 212 g/mol. The Hall–Kier alpha value is -1.00. The van der Waals surface area contributed by atoms with E-state index >= 15 is 0 Å². The summed E-state index contributed by atoms with van der Waals surface area (Å²) in [6.07, 6.45) is 0.939. The molecule has 0 saturated carbocycles. The molecule has 1 aromatic rings. The topological polar surface area (TPSA) is 21.3 Å². The minimum atomic E-state index is -0.826. The van der Waals surface area contributed by atoms with E-state index in [0.717, 1.165) is 12.5 Å². The molecule has 1 aromatic carbocycles. The van der Waals surface area contributed by atoms with Gasteiger partial charge in [-0.25, -0.2) is 8.78 Å². The standard InChI is InChI=1S/C12H17F2NO/c1-3-6-16-8-12(15-2)9-4-5-10(13)11(14)7-9/h4-5,7,12,15H,3,6,8H2,1-2H3. The van der Waals surface area contributed by atoms with Gasteiger partial charge in [-0.2, -0.15) is 0 Å². The Morgan fingerprint density at radius 3 is 2.62 bits per heavy atom. The molecule has 0 aliphatic heterocycles. The molecule has 4 heteroatoms. The molecular formula is C12H17F2NO. The van der Waals surface area contributed by atoms with Gasteiger partial charge >= 0.3 is 0 Å². The molecule has 0 aliphatic rings. The van der Waals surface area contributed by atoms with E-state index in [1.54, 1.807) is 13.1 Å². The van der Waals surface area contributed by atoms with Crippen molar-refractivity contribution in [3.8, 4) is 0 Å². The van der Waals surface area contributed by atoms with E-state index < -0.39 is 11.6 Å². The molecule has 1 N–H and O–H groups in total. The van der Waals surface area contributed by atoms with Crippen LogP contribution < -0.4 is 5.32 Å². The van der Waals surface area contributed by atoms with Crippen molar-refractivity contribution in [2.45, 2.75) is 19.4 Å². The zero-order valence-electron chi connectivity index (χ0n) is 9.59. The second-order valence-corrected chi connectivity index (χ2v) is 3.59. The van der Waals surface area contributed by atoms with Crippen molar-refractivity contribution in [2.75, 3.05) is 20.3 Å². The Morgan fingerprint density at radius 2 is 2.06 bits per heavy atom. The van der Waals surface area contributed by atoms with Crippen molar-refractivity contribution in [1.82, 2.24) is 5.32 Å². The number of hydrogen-bond donors (Lipinski definition) is 1. The maximum absolute atomic E-state index is 13.0. The molecule has 0 heterocycles. The molecule has 0 aliphatic carbocycles. The van der Waals surface area contributed by atoms with Crippen molar-refractivity contribution in [2.24, 2.45) is 0 Å². The van der Waals surface area contributed by atoms with Gasteiger partial charge in [0.05, 0.1) is 12.6 Å². The van der Waals surface area contributed by atoms with E-state index in [-0.39, 0.29) is 6.04 Å². The van der Waals surface area contributed by atoms with E-state index in [0.29, 0.717) is 18.8 Å². The summed E-state index contributed by atoms with van der Waals surface area (Å²) < 4.78 is 31.1. The summed E-state index contributed by atoms with van der Waals surface area (Å²) in [7, 11) is 1.77. The maximum Gasteiger partial charge on any atom is 0.159 e. The molecule has 1 unspecified atom stereocenters. The molecule has 2 nitrogen and oxygen atoms in total. The zero-order valence-corrected chi connectivity index (χ0v) is 9.59. The van der Waals surface area contributed by atoms with Crippen LogP contribution in [0.25, 0.3) is 0 Å². The smallest absolute Gasteiger partial charge is 0.159 e. The highest BCUT2D eigenvalue weighted by Gasteiger charge is 2.11. The van der Waals surface area contributed by atoms with Crippen molar-refractivity contribution in [1.29, 1.82) is 0 Å². The molecule has 0 spiro atoms. The summed E-state index contributed by atoms with van der Waals surface area (Å²) in [5.74, 6) is -1.65. The monoisotopic (exact) mass is 229 g/mol. The molecule has 0 fully saturated rings. The van der Waals surface area contributed by atoms with Crippen LogP contribution in [0.15, 0.2) is 18.2 Å². The van der Waals surface area contributed by atoms with Gasteiger partial charge in [-0.05, 0) is 31.2 Å². The molecule has 0 radical (unpaired) electrons. The summed E-state index contributed by atoms with van der Waals surface area (Å²) >= 11 is 0. The highest BCUT2D eigenvalue weighted by atomic mass is 19.2. The van der Waals surface area contributed by atoms with Crippen molar-refractivity contribution < 1.29 is 13.5 Å². The molecule has 0 saturated heterocycles. The Labute approximate surface area is 94.6 Å². The average molecular weight is 229 g/mol. The zero-order chi connectivity index (χ0) is 12.0. The minimum Gasteiger partial charge on any atom is -0.379 e. The number of benzene rings is 1.